The summed E-state index contributed by atoms with van der Waals surface area (Å²) in [6.45, 7) is 15.1. The summed E-state index contributed by atoms with van der Waals surface area (Å²) in [5, 5.41) is 2.55. The van der Waals surface area contributed by atoms with Gasteiger partial charge in [0, 0.05) is 12.8 Å². The van der Waals surface area contributed by atoms with Crippen molar-refractivity contribution in [3.63, 3.8) is 0 Å². The normalized spacial score (nSPS) is 16.0. The summed E-state index contributed by atoms with van der Waals surface area (Å²) in [7, 11) is -1.09. The van der Waals surface area contributed by atoms with Gasteiger partial charge in [-0.25, -0.2) is 4.98 Å². The Labute approximate surface area is 250 Å². The zero-order valence-corrected chi connectivity index (χ0v) is 26.8. The molecule has 0 aliphatic carbocycles. The number of H-pyrrole nitrogens is 1. The second-order valence-corrected chi connectivity index (χ2v) is 12.5. The number of thioether (sulfide) groups is 1. The van der Waals surface area contributed by atoms with Gasteiger partial charge in [0.1, 0.15) is 0 Å². The average Bonchev–Trinajstić information content (AvgIpc) is 3.31. The van der Waals surface area contributed by atoms with Crippen LogP contribution in [0, 0.1) is 0 Å². The average molecular weight is 600 g/mol. The van der Waals surface area contributed by atoms with Gasteiger partial charge in [-0.2, -0.15) is 0 Å². The van der Waals surface area contributed by atoms with Gasteiger partial charge in [0.25, 0.3) is 0 Å². The van der Waals surface area contributed by atoms with Crippen LogP contribution in [0.1, 0.15) is 45.7 Å². The molecule has 1 aromatic carbocycles. The molecule has 0 bridgehead atoms. The van der Waals surface area contributed by atoms with Gasteiger partial charge in [-0.15, -0.1) is 11.6 Å². The number of benzene rings is 1. The molecule has 0 aliphatic heterocycles. The van der Waals surface area contributed by atoms with E-state index < -0.39 is 8.38 Å². The number of nitrogens with one attached hydrogen (secondary N) is 1. The molecule has 8 heteroatoms. The number of allylic oxidation sites excluding steroid dienone is 6. The first-order valence-electron chi connectivity index (χ1n) is 13.7. The summed E-state index contributed by atoms with van der Waals surface area (Å²) in [6.07, 6.45) is 19.5. The number of rotatable bonds is 17. The van der Waals surface area contributed by atoms with Gasteiger partial charge in [0.05, 0.1) is 34.3 Å². The zero-order valence-electron chi connectivity index (χ0n) is 24.3. The lowest BCUT2D eigenvalue weighted by molar-refractivity contribution is 0.224. The maximum Gasteiger partial charge on any atom is 0.182 e. The number of hydrogen-bond donors (Lipinski definition) is 1. The van der Waals surface area contributed by atoms with Gasteiger partial charge in [-0.3, -0.25) is 4.99 Å². The number of aliphatic imine (C=N–C) groups is 1. The van der Waals surface area contributed by atoms with Gasteiger partial charge in [0.15, 0.2) is 13.5 Å². The first-order valence-corrected chi connectivity index (χ1v) is 16.5. The first-order chi connectivity index (χ1) is 19.4. The Balaban J connectivity index is 2.10. The van der Waals surface area contributed by atoms with E-state index in [2.05, 4.69) is 59.9 Å². The van der Waals surface area contributed by atoms with Crippen molar-refractivity contribution in [3.8, 4) is 0 Å². The van der Waals surface area contributed by atoms with Gasteiger partial charge < -0.3 is 14.0 Å². The molecule has 0 saturated heterocycles. The molecule has 0 amide bonds. The minimum absolute atomic E-state index is 0.0560. The Morgan fingerprint density at radius 2 is 1.88 bits per heavy atom. The molecule has 0 spiro atoms. The Kier molecular flexibility index (Phi) is 16.8. The maximum atomic E-state index is 6.31. The molecule has 1 N–H and O–H groups in total. The predicted octanol–water partition coefficient (Wildman–Crippen LogP) is 7.52. The molecular weight excluding hydrogens is 557 g/mol. The summed E-state index contributed by atoms with van der Waals surface area (Å²) in [5.41, 5.74) is 4.29. The fourth-order valence-corrected chi connectivity index (χ4v) is 6.23. The van der Waals surface area contributed by atoms with Crippen LogP contribution in [0.25, 0.3) is 12.2 Å². The molecular formula is C32H43ClN3O2PS. The van der Waals surface area contributed by atoms with Crippen molar-refractivity contribution in [2.24, 2.45) is 4.99 Å². The molecule has 2 rings (SSSR count). The molecule has 0 radical (unpaired) electrons. The Morgan fingerprint density at radius 1 is 1.15 bits per heavy atom. The van der Waals surface area contributed by atoms with E-state index in [1.54, 1.807) is 17.8 Å². The van der Waals surface area contributed by atoms with Crippen LogP contribution in [0.4, 0.5) is 0 Å². The van der Waals surface area contributed by atoms with Crippen LogP contribution in [-0.2, 0) is 21.9 Å². The molecule has 2 aromatic rings. The second-order valence-electron chi connectivity index (χ2n) is 8.99. The van der Waals surface area contributed by atoms with E-state index in [-0.39, 0.29) is 11.5 Å². The third-order valence-electron chi connectivity index (χ3n) is 5.66. The van der Waals surface area contributed by atoms with E-state index in [1.165, 1.54) is 11.1 Å². The van der Waals surface area contributed by atoms with E-state index in [0.29, 0.717) is 12.1 Å². The first kappa shape index (κ1) is 34.0. The fraction of sp³-hybridized carbons (Fsp3) is 0.375. The highest BCUT2D eigenvalue weighted by molar-refractivity contribution is 8.03. The Bertz CT molecular complexity index is 1270. The molecule has 40 heavy (non-hydrogen) atoms. The summed E-state index contributed by atoms with van der Waals surface area (Å²) in [6, 6.07) is 8.70. The second kappa shape index (κ2) is 19.8. The Hall–Kier alpha value is -2.21. The van der Waals surface area contributed by atoms with Crippen LogP contribution in [0.2, 0.25) is 0 Å². The number of halogens is 1. The van der Waals surface area contributed by atoms with E-state index in [0.717, 1.165) is 40.8 Å². The van der Waals surface area contributed by atoms with E-state index in [4.69, 9.17) is 25.6 Å². The molecule has 216 valence electrons. The van der Waals surface area contributed by atoms with E-state index in [1.807, 2.05) is 64.3 Å². The Morgan fingerprint density at radius 3 is 2.52 bits per heavy atom. The van der Waals surface area contributed by atoms with Crippen molar-refractivity contribution in [1.29, 1.82) is 0 Å². The monoisotopic (exact) mass is 599 g/mol. The molecule has 0 fully saturated rings. The van der Waals surface area contributed by atoms with Crippen molar-refractivity contribution in [2.75, 3.05) is 18.6 Å². The van der Waals surface area contributed by atoms with Crippen molar-refractivity contribution in [2.45, 2.75) is 64.1 Å². The summed E-state index contributed by atoms with van der Waals surface area (Å²) in [4.78, 5) is 12.6. The number of hydrogen-bond acceptors (Lipinski definition) is 5. The molecule has 1 unspecified atom stereocenters. The molecule has 3 atom stereocenters. The quantitative estimate of drug-likeness (QED) is 0.0671. The number of aromatic amines is 1. The predicted molar refractivity (Wildman–Crippen MR) is 177 cm³/mol. The fourth-order valence-electron chi connectivity index (χ4n) is 3.44. The van der Waals surface area contributed by atoms with Crippen molar-refractivity contribution in [1.82, 2.24) is 9.97 Å². The number of nitrogens with zero attached hydrogens (tertiary/aromatic N) is 2. The summed E-state index contributed by atoms with van der Waals surface area (Å²) < 4.78 is 12.2. The summed E-state index contributed by atoms with van der Waals surface area (Å²) in [5.74, 6) is 0. The van der Waals surface area contributed by atoms with E-state index in [9.17, 15) is 0 Å². The maximum absolute atomic E-state index is 6.31. The molecule has 1 heterocycles. The van der Waals surface area contributed by atoms with Crippen LogP contribution in [0.3, 0.4) is 0 Å². The van der Waals surface area contributed by atoms with Crippen LogP contribution in [-0.4, -0.2) is 46.3 Å². The van der Waals surface area contributed by atoms with E-state index >= 15 is 0 Å². The van der Waals surface area contributed by atoms with Crippen molar-refractivity contribution >= 4 is 50.1 Å². The third kappa shape index (κ3) is 13.4. The molecule has 1 aromatic heterocycles. The highest BCUT2D eigenvalue weighted by Gasteiger charge is 2.17. The van der Waals surface area contributed by atoms with Gasteiger partial charge in [-0.1, -0.05) is 79.1 Å². The SMILES string of the molecule is C=C/C=C\C=C/Cc1ccc(C/C=c2/nc(SC[P@@](OCC)O[C@@H](C)/C(C)=C/C=NCC)[nH]/c2=C/C(C)Cl)cc1. The van der Waals surface area contributed by atoms with Crippen molar-refractivity contribution in [3.05, 3.63) is 94.7 Å². The molecule has 0 aliphatic rings. The highest BCUT2D eigenvalue weighted by atomic mass is 35.5. The molecule has 5 nitrogen and oxygen atoms in total. The molecule has 0 saturated carbocycles. The van der Waals surface area contributed by atoms with Gasteiger partial charge in [-0.05, 0) is 76.3 Å². The highest BCUT2D eigenvalue weighted by Crippen LogP contribution is 2.44. The largest absolute Gasteiger partial charge is 0.334 e. The summed E-state index contributed by atoms with van der Waals surface area (Å²) >= 11 is 7.92. The minimum Gasteiger partial charge on any atom is -0.334 e. The lowest BCUT2D eigenvalue weighted by atomic mass is 10.1. The smallest absolute Gasteiger partial charge is 0.182 e. The lowest BCUT2D eigenvalue weighted by Crippen LogP contribution is -2.25. The van der Waals surface area contributed by atoms with Crippen LogP contribution in [0.5, 0.6) is 0 Å². The minimum atomic E-state index is -1.09. The number of aromatic nitrogens is 2. The van der Waals surface area contributed by atoms with Gasteiger partial charge >= 0.3 is 0 Å². The van der Waals surface area contributed by atoms with Crippen LogP contribution >= 0.6 is 31.7 Å². The van der Waals surface area contributed by atoms with Crippen LogP contribution < -0.4 is 10.7 Å². The lowest BCUT2D eigenvalue weighted by Gasteiger charge is -2.21. The number of alkyl halides is 1. The topological polar surface area (TPSA) is 59.5 Å². The van der Waals surface area contributed by atoms with Crippen molar-refractivity contribution < 1.29 is 9.05 Å². The standard InChI is InChI=1S/C32H43ClN3O2PS/c1-7-10-11-12-13-14-28-15-17-29(18-16-28)19-20-30-31(23-26(5)33)36-32(35-30)40-24-39(37-9-3)38-27(6)25(4)21-22-34-8-2/h7,10-13,15-18,20-23,26-27H,1,8-9,14,19,24H2,2-6H3,(H,35,36)/b11-10-,13-12-,25-21+,30-20+,31-23+,34-22?/t26?,27-,39-/m0/s1. The number of imidazole rings is 1. The van der Waals surface area contributed by atoms with Gasteiger partial charge in [0.2, 0.25) is 0 Å². The third-order valence-corrected chi connectivity index (χ3v) is 8.71. The zero-order chi connectivity index (χ0) is 29.2. The van der Waals surface area contributed by atoms with Crippen LogP contribution in [0.15, 0.2) is 83.0 Å².